The lowest BCUT2D eigenvalue weighted by molar-refractivity contribution is -0.137. The van der Waals surface area contributed by atoms with Crippen LogP contribution in [0.3, 0.4) is 0 Å². The second-order valence-electron chi connectivity index (χ2n) is 7.66. The molecular formula is C22H20ClF3N6O2. The standard InChI is InChI=1S/C22H20ClF3N6O2/c23-15-4-5-17(16(10-15)21(34)31-7-1-2-8-31)28-11-20(33)30-18-9-14(22(24,25)26)3-6-19(18)32-13-27-12-29-32/h3-6,9-10,12-13,28H,1-2,7-8,11H2,(H,30,33). The lowest BCUT2D eigenvalue weighted by atomic mass is 10.1. The van der Waals surface area contributed by atoms with Crippen molar-refractivity contribution in [1.29, 1.82) is 0 Å². The summed E-state index contributed by atoms with van der Waals surface area (Å²) in [7, 11) is 0. The smallest absolute Gasteiger partial charge is 0.375 e. The van der Waals surface area contributed by atoms with Crippen LogP contribution in [0.15, 0.2) is 49.1 Å². The van der Waals surface area contributed by atoms with Crippen molar-refractivity contribution in [2.45, 2.75) is 19.0 Å². The van der Waals surface area contributed by atoms with E-state index in [1.807, 2.05) is 0 Å². The number of rotatable bonds is 6. The molecule has 12 heteroatoms. The van der Waals surface area contributed by atoms with Gasteiger partial charge in [-0.25, -0.2) is 9.67 Å². The number of aromatic nitrogens is 3. The largest absolute Gasteiger partial charge is 0.416 e. The van der Waals surface area contributed by atoms with Crippen LogP contribution >= 0.6 is 11.6 Å². The normalized spacial score (nSPS) is 13.7. The number of hydrogen-bond acceptors (Lipinski definition) is 5. The van der Waals surface area contributed by atoms with Crippen LogP contribution in [-0.2, 0) is 11.0 Å². The Hall–Kier alpha value is -3.60. The Kier molecular flexibility index (Phi) is 6.73. The van der Waals surface area contributed by atoms with Gasteiger partial charge in [0.05, 0.1) is 29.0 Å². The summed E-state index contributed by atoms with van der Waals surface area (Å²) >= 11 is 6.07. The second-order valence-corrected chi connectivity index (χ2v) is 8.10. The summed E-state index contributed by atoms with van der Waals surface area (Å²) in [6.07, 6.45) is -0.220. The van der Waals surface area contributed by atoms with Crippen molar-refractivity contribution in [3.05, 3.63) is 65.2 Å². The van der Waals surface area contributed by atoms with Gasteiger partial charge in [0.15, 0.2) is 0 Å². The molecule has 4 rings (SSSR count). The molecule has 2 aromatic carbocycles. The third kappa shape index (κ3) is 5.30. The van der Waals surface area contributed by atoms with Gasteiger partial charge in [-0.2, -0.15) is 18.3 Å². The van der Waals surface area contributed by atoms with Gasteiger partial charge in [-0.3, -0.25) is 9.59 Å². The van der Waals surface area contributed by atoms with Gasteiger partial charge in [0.25, 0.3) is 5.91 Å². The summed E-state index contributed by atoms with van der Waals surface area (Å²) in [5.41, 5.74) is -0.0655. The monoisotopic (exact) mass is 492 g/mol. The maximum atomic E-state index is 13.2. The Bertz CT molecular complexity index is 1190. The van der Waals surface area contributed by atoms with E-state index in [1.54, 1.807) is 17.0 Å². The van der Waals surface area contributed by atoms with Gasteiger partial charge < -0.3 is 15.5 Å². The summed E-state index contributed by atoms with van der Waals surface area (Å²) in [5, 5.41) is 9.67. The molecule has 1 aromatic heterocycles. The SMILES string of the molecule is O=C(CNc1ccc(Cl)cc1C(=O)N1CCCC1)Nc1cc(C(F)(F)F)ccc1-n1cncn1. The molecule has 1 aliphatic heterocycles. The first-order valence-corrected chi connectivity index (χ1v) is 10.8. The predicted molar refractivity (Wildman–Crippen MR) is 120 cm³/mol. The molecule has 0 spiro atoms. The van der Waals surface area contributed by atoms with Crippen LogP contribution in [0.2, 0.25) is 5.02 Å². The van der Waals surface area contributed by atoms with Crippen LogP contribution in [0.1, 0.15) is 28.8 Å². The zero-order valence-electron chi connectivity index (χ0n) is 17.8. The molecule has 0 unspecified atom stereocenters. The number of anilines is 2. The zero-order valence-corrected chi connectivity index (χ0v) is 18.5. The minimum atomic E-state index is -4.59. The molecule has 1 aliphatic rings. The molecule has 0 aliphatic carbocycles. The highest BCUT2D eigenvalue weighted by molar-refractivity contribution is 6.31. The maximum absolute atomic E-state index is 13.2. The van der Waals surface area contributed by atoms with Crippen LogP contribution in [-0.4, -0.2) is 51.1 Å². The summed E-state index contributed by atoms with van der Waals surface area (Å²) in [6.45, 7) is 0.993. The van der Waals surface area contributed by atoms with Crippen molar-refractivity contribution in [2.24, 2.45) is 0 Å². The fourth-order valence-corrected chi connectivity index (χ4v) is 3.83. The highest BCUT2D eigenvalue weighted by atomic mass is 35.5. The maximum Gasteiger partial charge on any atom is 0.416 e. The highest BCUT2D eigenvalue weighted by Gasteiger charge is 2.31. The number of amides is 2. The molecule has 8 nitrogen and oxygen atoms in total. The van der Waals surface area contributed by atoms with E-state index in [9.17, 15) is 22.8 Å². The number of alkyl halides is 3. The van der Waals surface area contributed by atoms with E-state index in [4.69, 9.17) is 11.6 Å². The van der Waals surface area contributed by atoms with Gasteiger partial charge in [-0.1, -0.05) is 11.6 Å². The molecule has 178 valence electrons. The van der Waals surface area contributed by atoms with Crippen LogP contribution in [0, 0.1) is 0 Å². The first-order valence-electron chi connectivity index (χ1n) is 10.4. The Morgan fingerprint density at radius 3 is 2.50 bits per heavy atom. The fourth-order valence-electron chi connectivity index (χ4n) is 3.65. The third-order valence-corrected chi connectivity index (χ3v) is 5.54. The first kappa shape index (κ1) is 23.6. The zero-order chi connectivity index (χ0) is 24.3. The van der Waals surface area contributed by atoms with Crippen LogP contribution < -0.4 is 10.6 Å². The van der Waals surface area contributed by atoms with Gasteiger partial charge in [-0.05, 0) is 49.2 Å². The van der Waals surface area contributed by atoms with Crippen molar-refractivity contribution in [2.75, 3.05) is 30.3 Å². The Morgan fingerprint density at radius 1 is 1.06 bits per heavy atom. The molecular weight excluding hydrogens is 473 g/mol. The second kappa shape index (κ2) is 9.72. The Morgan fingerprint density at radius 2 is 1.82 bits per heavy atom. The topological polar surface area (TPSA) is 92.2 Å². The van der Waals surface area contributed by atoms with E-state index < -0.39 is 17.6 Å². The lowest BCUT2D eigenvalue weighted by Crippen LogP contribution is -2.29. The van der Waals surface area contributed by atoms with E-state index in [0.29, 0.717) is 29.4 Å². The van der Waals surface area contributed by atoms with Gasteiger partial charge in [0.2, 0.25) is 5.91 Å². The Labute approximate surface area is 197 Å². The van der Waals surface area contributed by atoms with Crippen molar-refractivity contribution < 1.29 is 22.8 Å². The van der Waals surface area contributed by atoms with E-state index in [-0.39, 0.29) is 23.8 Å². The van der Waals surface area contributed by atoms with E-state index in [1.165, 1.54) is 29.5 Å². The summed E-state index contributed by atoms with van der Waals surface area (Å²) in [5.74, 6) is -0.815. The van der Waals surface area contributed by atoms with Crippen molar-refractivity contribution >= 4 is 34.8 Å². The summed E-state index contributed by atoms with van der Waals surface area (Å²) < 4.78 is 40.9. The summed E-state index contributed by atoms with van der Waals surface area (Å²) in [6, 6.07) is 7.63. The molecule has 34 heavy (non-hydrogen) atoms. The van der Waals surface area contributed by atoms with E-state index in [0.717, 1.165) is 25.0 Å². The van der Waals surface area contributed by atoms with Crippen LogP contribution in [0.5, 0.6) is 0 Å². The predicted octanol–water partition coefficient (Wildman–Crippen LogP) is 4.23. The van der Waals surface area contributed by atoms with Crippen molar-refractivity contribution in [3.8, 4) is 5.69 Å². The van der Waals surface area contributed by atoms with Gasteiger partial charge in [0.1, 0.15) is 12.7 Å². The molecule has 3 aromatic rings. The number of carbonyl (C=O) groups excluding carboxylic acids is 2. The minimum Gasteiger partial charge on any atom is -0.375 e. The quantitative estimate of drug-likeness (QED) is 0.537. The molecule has 1 fully saturated rings. The highest BCUT2D eigenvalue weighted by Crippen LogP contribution is 2.33. The molecule has 2 amide bonds. The average Bonchev–Trinajstić information content (AvgIpc) is 3.51. The van der Waals surface area contributed by atoms with E-state index >= 15 is 0 Å². The number of nitrogens with zero attached hydrogens (tertiary/aromatic N) is 4. The van der Waals surface area contributed by atoms with E-state index in [2.05, 4.69) is 20.7 Å². The minimum absolute atomic E-state index is 0.0865. The fraction of sp³-hybridized carbons (Fsp3) is 0.273. The van der Waals surface area contributed by atoms with Crippen LogP contribution in [0.4, 0.5) is 24.5 Å². The van der Waals surface area contributed by atoms with Crippen molar-refractivity contribution in [3.63, 3.8) is 0 Å². The lowest BCUT2D eigenvalue weighted by Gasteiger charge is -2.19. The number of hydrogen-bond donors (Lipinski definition) is 2. The molecule has 2 N–H and O–H groups in total. The Balaban J connectivity index is 1.52. The number of benzene rings is 2. The van der Waals surface area contributed by atoms with Gasteiger partial charge in [-0.15, -0.1) is 0 Å². The molecule has 1 saturated heterocycles. The van der Waals surface area contributed by atoms with Gasteiger partial charge in [0, 0.05) is 23.8 Å². The number of likely N-dealkylation sites (tertiary alicyclic amines) is 1. The van der Waals surface area contributed by atoms with Crippen LogP contribution in [0.25, 0.3) is 5.69 Å². The first-order chi connectivity index (χ1) is 16.2. The molecule has 2 heterocycles. The van der Waals surface area contributed by atoms with Crippen molar-refractivity contribution in [1.82, 2.24) is 19.7 Å². The molecule has 0 radical (unpaired) electrons. The molecule has 0 saturated carbocycles. The number of nitrogens with one attached hydrogen (secondary N) is 2. The number of carbonyl (C=O) groups is 2. The summed E-state index contributed by atoms with van der Waals surface area (Å²) in [4.78, 5) is 31.0. The molecule has 0 atom stereocenters. The third-order valence-electron chi connectivity index (χ3n) is 5.31. The molecule has 0 bridgehead atoms. The van der Waals surface area contributed by atoms with Gasteiger partial charge >= 0.3 is 6.18 Å². The number of halogens is 4. The average molecular weight is 493 g/mol.